The van der Waals surface area contributed by atoms with E-state index in [0.717, 1.165) is 24.7 Å². The van der Waals surface area contributed by atoms with Crippen LogP contribution in [-0.2, 0) is 6.54 Å². The second-order valence-corrected chi connectivity index (χ2v) is 5.54. The molecule has 0 amide bonds. The maximum absolute atomic E-state index is 4.80. The zero-order valence-corrected chi connectivity index (χ0v) is 14.4. The molecule has 23 heavy (non-hydrogen) atoms. The van der Waals surface area contributed by atoms with E-state index in [1.54, 1.807) is 6.20 Å². The Balaban J connectivity index is 2.16. The van der Waals surface area contributed by atoms with E-state index in [-0.39, 0.29) is 0 Å². The summed E-state index contributed by atoms with van der Waals surface area (Å²) in [4.78, 5) is 11.1. The van der Waals surface area contributed by atoms with E-state index in [2.05, 4.69) is 54.3 Å². The van der Waals surface area contributed by atoms with Crippen LogP contribution < -0.4 is 5.32 Å². The van der Waals surface area contributed by atoms with E-state index in [4.69, 9.17) is 4.99 Å². The molecule has 0 bridgehead atoms. The number of hydrogen-bond acceptors (Lipinski definition) is 2. The largest absolute Gasteiger partial charge is 0.357 e. The first-order valence-corrected chi connectivity index (χ1v) is 8.32. The zero-order valence-electron chi connectivity index (χ0n) is 14.4. The van der Waals surface area contributed by atoms with Crippen LogP contribution in [0.2, 0.25) is 0 Å². The highest BCUT2D eigenvalue weighted by Gasteiger charge is 2.07. The van der Waals surface area contributed by atoms with E-state index in [1.807, 2.05) is 23.2 Å². The summed E-state index contributed by atoms with van der Waals surface area (Å²) in [7, 11) is 2.10. The smallest absolute Gasteiger partial charge is 0.193 e. The normalized spacial score (nSPS) is 11.5. The number of benzene rings is 1. The van der Waals surface area contributed by atoms with Crippen LogP contribution in [0.1, 0.15) is 32.3 Å². The van der Waals surface area contributed by atoms with Crippen molar-refractivity contribution in [1.82, 2.24) is 19.8 Å². The van der Waals surface area contributed by atoms with Gasteiger partial charge in [-0.15, -0.1) is 0 Å². The first kappa shape index (κ1) is 17.1. The van der Waals surface area contributed by atoms with Gasteiger partial charge in [-0.1, -0.05) is 31.5 Å². The van der Waals surface area contributed by atoms with Gasteiger partial charge in [0.15, 0.2) is 5.96 Å². The van der Waals surface area contributed by atoms with Gasteiger partial charge in [0.2, 0.25) is 0 Å². The van der Waals surface area contributed by atoms with Crippen molar-refractivity contribution in [3.8, 4) is 5.69 Å². The van der Waals surface area contributed by atoms with Crippen molar-refractivity contribution in [1.29, 1.82) is 0 Å². The second kappa shape index (κ2) is 8.98. The molecule has 0 aliphatic carbocycles. The van der Waals surface area contributed by atoms with Crippen molar-refractivity contribution in [3.05, 3.63) is 48.5 Å². The van der Waals surface area contributed by atoms with E-state index >= 15 is 0 Å². The molecule has 0 aliphatic heterocycles. The molecule has 2 rings (SSSR count). The van der Waals surface area contributed by atoms with Crippen molar-refractivity contribution in [3.63, 3.8) is 0 Å². The molecule has 0 fully saturated rings. The lowest BCUT2D eigenvalue weighted by molar-refractivity contribution is 0.465. The van der Waals surface area contributed by atoms with Crippen molar-refractivity contribution >= 4 is 5.96 Å². The zero-order chi connectivity index (χ0) is 16.5. The maximum atomic E-state index is 4.80. The molecule has 0 radical (unpaired) electrons. The van der Waals surface area contributed by atoms with Gasteiger partial charge in [-0.25, -0.2) is 9.98 Å². The van der Waals surface area contributed by atoms with Gasteiger partial charge < -0.3 is 14.8 Å². The Bertz CT molecular complexity index is 604. The number of imidazole rings is 1. The summed E-state index contributed by atoms with van der Waals surface area (Å²) in [6.07, 6.45) is 7.94. The van der Waals surface area contributed by atoms with Crippen LogP contribution in [0, 0.1) is 0 Å². The molecule has 2 aromatic rings. The maximum Gasteiger partial charge on any atom is 0.193 e. The number of unbranched alkanes of at least 4 members (excludes halogenated alkanes) is 1. The van der Waals surface area contributed by atoms with Crippen LogP contribution in [0.3, 0.4) is 0 Å². The lowest BCUT2D eigenvalue weighted by Crippen LogP contribution is -2.39. The quantitative estimate of drug-likeness (QED) is 0.631. The van der Waals surface area contributed by atoms with Gasteiger partial charge in [-0.2, -0.15) is 0 Å². The van der Waals surface area contributed by atoms with E-state index in [9.17, 15) is 0 Å². The molecule has 5 heteroatoms. The molecule has 0 saturated heterocycles. The van der Waals surface area contributed by atoms with Crippen molar-refractivity contribution in [2.45, 2.75) is 33.2 Å². The fourth-order valence-corrected chi connectivity index (χ4v) is 2.43. The summed E-state index contributed by atoms with van der Waals surface area (Å²) in [6, 6.07) is 8.31. The monoisotopic (exact) mass is 313 g/mol. The summed E-state index contributed by atoms with van der Waals surface area (Å²) >= 11 is 0. The summed E-state index contributed by atoms with van der Waals surface area (Å²) in [5.74, 6) is 0.960. The number of hydrogen-bond donors (Lipinski definition) is 1. The van der Waals surface area contributed by atoms with Crippen LogP contribution in [0.15, 0.2) is 48.0 Å². The van der Waals surface area contributed by atoms with Crippen molar-refractivity contribution < 1.29 is 0 Å². The number of para-hydroxylation sites is 1. The fourth-order valence-electron chi connectivity index (χ4n) is 2.43. The number of nitrogens with zero attached hydrogens (tertiary/aromatic N) is 4. The minimum Gasteiger partial charge on any atom is -0.357 e. The lowest BCUT2D eigenvalue weighted by atomic mass is 10.2. The first-order chi connectivity index (χ1) is 11.3. The van der Waals surface area contributed by atoms with Crippen LogP contribution >= 0.6 is 0 Å². The van der Waals surface area contributed by atoms with Gasteiger partial charge in [0, 0.05) is 32.5 Å². The average molecular weight is 313 g/mol. The summed E-state index contributed by atoms with van der Waals surface area (Å²) in [5, 5.41) is 3.37. The number of rotatable bonds is 7. The Morgan fingerprint density at radius 1 is 1.30 bits per heavy atom. The standard InChI is InChI=1S/C18H27N5/c1-4-6-12-22(3)18(20-5-2)21-14-16-9-7-8-10-17(16)23-13-11-19-15-23/h7-11,13,15H,4-6,12,14H2,1-3H3,(H,20,21). The van der Waals surface area contributed by atoms with Crippen molar-refractivity contribution in [2.24, 2.45) is 4.99 Å². The number of nitrogens with one attached hydrogen (secondary N) is 1. The Hall–Kier alpha value is -2.30. The molecule has 0 aliphatic rings. The van der Waals surface area contributed by atoms with Crippen LogP contribution in [0.4, 0.5) is 0 Å². The SMILES string of the molecule is CCCCN(C)C(=NCc1ccccc1-n1ccnc1)NCC. The van der Waals surface area contributed by atoms with E-state index < -0.39 is 0 Å². The van der Waals surface area contributed by atoms with Gasteiger partial charge in [0.1, 0.15) is 0 Å². The van der Waals surface area contributed by atoms with Gasteiger partial charge in [0.05, 0.1) is 18.6 Å². The third-order valence-corrected chi connectivity index (χ3v) is 3.72. The molecule has 0 saturated carbocycles. The third kappa shape index (κ3) is 4.84. The van der Waals surface area contributed by atoms with Gasteiger partial charge >= 0.3 is 0 Å². The highest BCUT2D eigenvalue weighted by molar-refractivity contribution is 5.79. The molecule has 0 atom stereocenters. The molecule has 1 aromatic heterocycles. The minimum atomic E-state index is 0.646. The number of guanidine groups is 1. The minimum absolute atomic E-state index is 0.646. The summed E-state index contributed by atoms with van der Waals surface area (Å²) in [5.41, 5.74) is 2.31. The second-order valence-electron chi connectivity index (χ2n) is 5.54. The average Bonchev–Trinajstić information content (AvgIpc) is 3.11. The molecule has 1 aromatic carbocycles. The van der Waals surface area contributed by atoms with E-state index in [0.29, 0.717) is 6.54 Å². The Morgan fingerprint density at radius 2 is 2.13 bits per heavy atom. The number of aromatic nitrogens is 2. The Kier molecular flexibility index (Phi) is 6.66. The molecule has 0 unspecified atom stereocenters. The highest BCUT2D eigenvalue weighted by atomic mass is 15.3. The van der Waals surface area contributed by atoms with Crippen LogP contribution in [0.25, 0.3) is 5.69 Å². The lowest BCUT2D eigenvalue weighted by Gasteiger charge is -2.22. The third-order valence-electron chi connectivity index (χ3n) is 3.72. The Labute approximate surface area is 139 Å². The molecular weight excluding hydrogens is 286 g/mol. The van der Waals surface area contributed by atoms with Crippen LogP contribution in [-0.4, -0.2) is 40.5 Å². The van der Waals surface area contributed by atoms with Gasteiger partial charge in [0.25, 0.3) is 0 Å². The molecule has 1 N–H and O–H groups in total. The molecular formula is C18H27N5. The van der Waals surface area contributed by atoms with Crippen molar-refractivity contribution in [2.75, 3.05) is 20.1 Å². The summed E-state index contributed by atoms with van der Waals surface area (Å²) in [6.45, 7) is 6.85. The first-order valence-electron chi connectivity index (χ1n) is 8.32. The van der Waals surface area contributed by atoms with Crippen LogP contribution in [0.5, 0.6) is 0 Å². The topological polar surface area (TPSA) is 45.5 Å². The highest BCUT2D eigenvalue weighted by Crippen LogP contribution is 2.15. The summed E-state index contributed by atoms with van der Waals surface area (Å²) < 4.78 is 2.03. The molecule has 5 nitrogen and oxygen atoms in total. The molecule has 1 heterocycles. The predicted molar refractivity (Wildman–Crippen MR) is 95.9 cm³/mol. The Morgan fingerprint density at radius 3 is 2.83 bits per heavy atom. The molecule has 0 spiro atoms. The molecule has 124 valence electrons. The fraction of sp³-hybridized carbons (Fsp3) is 0.444. The van der Waals surface area contributed by atoms with Gasteiger partial charge in [-0.05, 0) is 25.0 Å². The predicted octanol–water partition coefficient (Wildman–Crippen LogP) is 3.07. The van der Waals surface area contributed by atoms with Gasteiger partial charge in [-0.3, -0.25) is 0 Å². The number of aliphatic imine (C=N–C) groups is 1. The van der Waals surface area contributed by atoms with E-state index in [1.165, 1.54) is 18.4 Å².